The zero-order valence-electron chi connectivity index (χ0n) is 11.6. The average molecular weight is 291 g/mol. The third-order valence-electron chi connectivity index (χ3n) is 2.81. The van der Waals surface area contributed by atoms with Gasteiger partial charge in [0.05, 0.1) is 17.6 Å². The molecule has 0 unspecified atom stereocenters. The third kappa shape index (κ3) is 3.98. The fourth-order valence-corrected chi connectivity index (χ4v) is 2.18. The molecule has 2 aromatic rings. The maximum Gasteiger partial charge on any atom is 0.373 e. The maximum absolute atomic E-state index is 8.12. The molecule has 104 valence electrons. The van der Waals surface area contributed by atoms with Crippen molar-refractivity contribution < 1.29 is 9.59 Å². The van der Waals surface area contributed by atoms with Crippen molar-refractivity contribution in [1.29, 1.82) is 0 Å². The van der Waals surface area contributed by atoms with Gasteiger partial charge >= 0.3 is 6.15 Å². The molecule has 1 aromatic carbocycles. The quantitative estimate of drug-likeness (QED) is 0.850. The van der Waals surface area contributed by atoms with E-state index in [1.165, 1.54) is 11.1 Å². The first kappa shape index (κ1) is 16.0. The summed E-state index contributed by atoms with van der Waals surface area (Å²) >= 11 is 6.24. The zero-order chi connectivity index (χ0) is 15.1. The standard InChI is InChI=1S/C14H15ClN2.CO2/c1-4-11-5-9(2)12(6-13(11)15)14-8-16-7-10(3)17-14;2-1-3/h5-8H,4H2,1-3H3;. The minimum absolute atomic E-state index is 0.250. The SMILES string of the molecule is CCc1cc(C)c(-c2cncc(C)n2)cc1Cl.O=C=O. The van der Waals surface area contributed by atoms with Crippen LogP contribution < -0.4 is 0 Å². The van der Waals surface area contributed by atoms with Crippen LogP contribution in [0.5, 0.6) is 0 Å². The Kier molecular flexibility index (Phi) is 6.04. The molecule has 1 aromatic heterocycles. The second-order valence-electron chi connectivity index (χ2n) is 4.24. The molecule has 0 atom stereocenters. The van der Waals surface area contributed by atoms with E-state index in [4.69, 9.17) is 21.2 Å². The number of aromatic nitrogens is 2. The smallest absolute Gasteiger partial charge is 0.261 e. The Morgan fingerprint density at radius 3 is 2.40 bits per heavy atom. The summed E-state index contributed by atoms with van der Waals surface area (Å²) in [5.74, 6) is 0. The lowest BCUT2D eigenvalue weighted by Gasteiger charge is -2.09. The minimum atomic E-state index is 0.250. The van der Waals surface area contributed by atoms with Gasteiger partial charge in [0.25, 0.3) is 0 Å². The summed E-state index contributed by atoms with van der Waals surface area (Å²) in [6.45, 7) is 6.12. The van der Waals surface area contributed by atoms with Crippen LogP contribution in [-0.2, 0) is 16.0 Å². The lowest BCUT2D eigenvalue weighted by atomic mass is 10.0. The first-order valence-electron chi connectivity index (χ1n) is 6.10. The molecule has 5 heteroatoms. The molecule has 1 heterocycles. The van der Waals surface area contributed by atoms with E-state index in [0.717, 1.165) is 28.4 Å². The fourth-order valence-electron chi connectivity index (χ4n) is 1.88. The Balaban J connectivity index is 0.000000612. The van der Waals surface area contributed by atoms with Crippen molar-refractivity contribution >= 4 is 17.8 Å². The summed E-state index contributed by atoms with van der Waals surface area (Å²) in [5.41, 5.74) is 5.22. The molecular weight excluding hydrogens is 276 g/mol. The molecule has 0 spiro atoms. The number of benzene rings is 1. The van der Waals surface area contributed by atoms with E-state index in [1.807, 2.05) is 13.0 Å². The van der Waals surface area contributed by atoms with E-state index in [2.05, 4.69) is 29.9 Å². The van der Waals surface area contributed by atoms with Crippen molar-refractivity contribution in [3.63, 3.8) is 0 Å². The van der Waals surface area contributed by atoms with Crippen LogP contribution in [0.25, 0.3) is 11.3 Å². The molecule has 0 bridgehead atoms. The van der Waals surface area contributed by atoms with Crippen molar-refractivity contribution in [3.05, 3.63) is 46.4 Å². The molecule has 0 saturated heterocycles. The number of hydrogen-bond acceptors (Lipinski definition) is 4. The van der Waals surface area contributed by atoms with Gasteiger partial charge in [0.2, 0.25) is 0 Å². The lowest BCUT2D eigenvalue weighted by Crippen LogP contribution is -1.93. The van der Waals surface area contributed by atoms with Gasteiger partial charge in [-0.25, -0.2) is 4.98 Å². The van der Waals surface area contributed by atoms with Gasteiger partial charge in [0.1, 0.15) is 0 Å². The van der Waals surface area contributed by atoms with Crippen LogP contribution in [0.3, 0.4) is 0 Å². The second-order valence-corrected chi connectivity index (χ2v) is 4.65. The molecule has 0 radical (unpaired) electrons. The summed E-state index contributed by atoms with van der Waals surface area (Å²) in [4.78, 5) is 24.9. The van der Waals surface area contributed by atoms with E-state index in [1.54, 1.807) is 12.4 Å². The van der Waals surface area contributed by atoms with Crippen molar-refractivity contribution in [1.82, 2.24) is 9.97 Å². The van der Waals surface area contributed by atoms with Gasteiger partial charge in [0.15, 0.2) is 0 Å². The Morgan fingerprint density at radius 2 is 1.85 bits per heavy atom. The van der Waals surface area contributed by atoms with Gasteiger partial charge < -0.3 is 0 Å². The van der Waals surface area contributed by atoms with Crippen LogP contribution in [0.4, 0.5) is 0 Å². The number of nitrogens with zero attached hydrogens (tertiary/aromatic N) is 2. The van der Waals surface area contributed by atoms with E-state index in [9.17, 15) is 0 Å². The fraction of sp³-hybridized carbons (Fsp3) is 0.267. The van der Waals surface area contributed by atoms with Gasteiger partial charge in [-0.05, 0) is 37.5 Å². The van der Waals surface area contributed by atoms with Crippen LogP contribution in [-0.4, -0.2) is 16.1 Å². The Hall–Kier alpha value is -2.03. The molecule has 0 fully saturated rings. The Morgan fingerprint density at radius 1 is 1.20 bits per heavy atom. The molecule has 20 heavy (non-hydrogen) atoms. The molecular formula is C15H15ClN2O2. The molecule has 0 aliphatic heterocycles. The van der Waals surface area contributed by atoms with Gasteiger partial charge in [-0.15, -0.1) is 0 Å². The highest BCUT2D eigenvalue weighted by molar-refractivity contribution is 6.31. The van der Waals surface area contributed by atoms with Crippen molar-refractivity contribution in [2.45, 2.75) is 27.2 Å². The predicted octanol–water partition coefficient (Wildman–Crippen LogP) is 3.39. The predicted molar refractivity (Wildman–Crippen MR) is 76.3 cm³/mol. The monoisotopic (exact) mass is 290 g/mol. The Bertz CT molecular complexity index is 636. The minimum Gasteiger partial charge on any atom is -0.261 e. The van der Waals surface area contributed by atoms with Crippen LogP contribution in [0, 0.1) is 13.8 Å². The molecule has 0 saturated carbocycles. The van der Waals surface area contributed by atoms with E-state index >= 15 is 0 Å². The van der Waals surface area contributed by atoms with Gasteiger partial charge in [-0.1, -0.05) is 24.6 Å². The topological polar surface area (TPSA) is 59.9 Å². The van der Waals surface area contributed by atoms with E-state index in [-0.39, 0.29) is 6.15 Å². The molecule has 2 rings (SSSR count). The maximum atomic E-state index is 8.12. The van der Waals surface area contributed by atoms with E-state index < -0.39 is 0 Å². The van der Waals surface area contributed by atoms with Gasteiger partial charge in [-0.2, -0.15) is 9.59 Å². The van der Waals surface area contributed by atoms with Crippen LogP contribution >= 0.6 is 11.6 Å². The number of aryl methyl sites for hydroxylation is 3. The number of rotatable bonds is 2. The molecule has 0 N–H and O–H groups in total. The third-order valence-corrected chi connectivity index (χ3v) is 3.16. The normalized spacial score (nSPS) is 9.40. The zero-order valence-corrected chi connectivity index (χ0v) is 12.4. The van der Waals surface area contributed by atoms with Crippen molar-refractivity contribution in [2.75, 3.05) is 0 Å². The average Bonchev–Trinajstić information content (AvgIpc) is 2.42. The van der Waals surface area contributed by atoms with Crippen LogP contribution in [0.15, 0.2) is 24.5 Å². The largest absolute Gasteiger partial charge is 0.373 e. The summed E-state index contributed by atoms with van der Waals surface area (Å²) in [5, 5.41) is 0.802. The van der Waals surface area contributed by atoms with Gasteiger partial charge in [0, 0.05) is 16.8 Å². The molecule has 0 amide bonds. The summed E-state index contributed by atoms with van der Waals surface area (Å²) < 4.78 is 0. The lowest BCUT2D eigenvalue weighted by molar-refractivity contribution is -0.191. The highest BCUT2D eigenvalue weighted by Gasteiger charge is 2.08. The highest BCUT2D eigenvalue weighted by atomic mass is 35.5. The second kappa shape index (κ2) is 7.53. The Labute approximate surface area is 122 Å². The highest BCUT2D eigenvalue weighted by Crippen LogP contribution is 2.28. The number of carbonyl (C=O) groups excluding carboxylic acids is 2. The first-order chi connectivity index (χ1) is 9.53. The summed E-state index contributed by atoms with van der Waals surface area (Å²) in [6, 6.07) is 4.11. The number of halogens is 1. The molecule has 0 aliphatic rings. The van der Waals surface area contributed by atoms with Crippen molar-refractivity contribution in [3.8, 4) is 11.3 Å². The summed E-state index contributed by atoms with van der Waals surface area (Å²) in [7, 11) is 0. The molecule has 0 aliphatic carbocycles. The summed E-state index contributed by atoms with van der Waals surface area (Å²) in [6.07, 6.45) is 4.72. The van der Waals surface area contributed by atoms with E-state index in [0.29, 0.717) is 0 Å². The number of hydrogen-bond donors (Lipinski definition) is 0. The molecule has 4 nitrogen and oxygen atoms in total. The van der Waals surface area contributed by atoms with Crippen LogP contribution in [0.2, 0.25) is 5.02 Å². The van der Waals surface area contributed by atoms with Crippen molar-refractivity contribution in [2.24, 2.45) is 0 Å². The van der Waals surface area contributed by atoms with Crippen LogP contribution in [0.1, 0.15) is 23.7 Å². The first-order valence-corrected chi connectivity index (χ1v) is 6.48. The van der Waals surface area contributed by atoms with Gasteiger partial charge in [-0.3, -0.25) is 4.98 Å².